The van der Waals surface area contributed by atoms with Crippen LogP contribution in [0.2, 0.25) is 0 Å². The molecule has 1 heterocycles. The maximum atomic E-state index is 14.4. The molecule has 30 heavy (non-hydrogen) atoms. The molecule has 4 nitrogen and oxygen atoms in total. The van der Waals surface area contributed by atoms with Crippen molar-refractivity contribution in [3.8, 4) is 11.3 Å². The first-order chi connectivity index (χ1) is 14.3. The Morgan fingerprint density at radius 2 is 1.83 bits per heavy atom. The smallest absolute Gasteiger partial charge is 0.225 e. The van der Waals surface area contributed by atoms with Gasteiger partial charge in [-0.2, -0.15) is 0 Å². The lowest BCUT2D eigenvalue weighted by Crippen LogP contribution is -2.44. The van der Waals surface area contributed by atoms with E-state index in [0.29, 0.717) is 29.5 Å². The van der Waals surface area contributed by atoms with E-state index in [4.69, 9.17) is 0 Å². The van der Waals surface area contributed by atoms with Crippen molar-refractivity contribution in [2.45, 2.75) is 31.7 Å². The number of carbonyl (C=O) groups is 1. The number of rotatable bonds is 5. The number of aliphatic hydroxyl groups excluding tert-OH is 1. The first-order valence-electron chi connectivity index (χ1n) is 9.94. The highest BCUT2D eigenvalue weighted by Gasteiger charge is 2.40. The van der Waals surface area contributed by atoms with Gasteiger partial charge in [0.05, 0.1) is 23.9 Å². The first-order valence-corrected chi connectivity index (χ1v) is 9.94. The number of nitrogens with one attached hydrogen (secondary N) is 1. The van der Waals surface area contributed by atoms with E-state index >= 15 is 0 Å². The number of nitrogens with zero attached hydrogens (tertiary/aromatic N) is 1. The van der Waals surface area contributed by atoms with Crippen LogP contribution in [0.3, 0.4) is 0 Å². The highest BCUT2D eigenvalue weighted by atomic mass is 19.1. The lowest BCUT2D eigenvalue weighted by Gasteiger charge is -2.38. The van der Waals surface area contributed by atoms with Crippen LogP contribution in [0.1, 0.15) is 31.2 Å². The number of halogens is 3. The molecule has 1 aliphatic carbocycles. The lowest BCUT2D eigenvalue weighted by molar-refractivity contribution is -0.140. The topological polar surface area (TPSA) is 56.3 Å². The summed E-state index contributed by atoms with van der Waals surface area (Å²) >= 11 is 0. The van der Waals surface area contributed by atoms with Crippen LogP contribution in [-0.4, -0.2) is 40.6 Å². The van der Waals surface area contributed by atoms with E-state index in [1.54, 1.807) is 26.1 Å². The van der Waals surface area contributed by atoms with Gasteiger partial charge in [0.2, 0.25) is 5.91 Å². The molecule has 1 fully saturated rings. The molecule has 1 aromatic heterocycles. The number of likely N-dealkylation sites (N-methyl/N-ethyl adjacent to an activating group) is 1. The van der Waals surface area contributed by atoms with Crippen molar-refractivity contribution in [2.24, 2.45) is 5.92 Å². The third-order valence-corrected chi connectivity index (χ3v) is 6.17. The molecule has 158 valence electrons. The van der Waals surface area contributed by atoms with Crippen molar-refractivity contribution in [1.82, 2.24) is 9.88 Å². The number of hydrogen-bond acceptors (Lipinski definition) is 2. The zero-order chi connectivity index (χ0) is 21.6. The molecule has 1 aliphatic rings. The van der Waals surface area contributed by atoms with E-state index in [1.807, 2.05) is 0 Å². The van der Waals surface area contributed by atoms with Crippen LogP contribution >= 0.6 is 0 Å². The molecule has 1 saturated carbocycles. The van der Waals surface area contributed by atoms with Gasteiger partial charge in [0.15, 0.2) is 0 Å². The summed E-state index contributed by atoms with van der Waals surface area (Å²) in [5.74, 6) is -2.07. The third kappa shape index (κ3) is 3.47. The molecular formula is C23H23F3N2O2. The number of carbonyl (C=O) groups excluding carboxylic acids is 1. The fourth-order valence-electron chi connectivity index (χ4n) is 4.19. The maximum Gasteiger partial charge on any atom is 0.225 e. The molecule has 0 unspecified atom stereocenters. The van der Waals surface area contributed by atoms with Crippen LogP contribution < -0.4 is 0 Å². The SMILES string of the molecule is C[C@H](CO)N(C)C(=O)C1CC(c2c(-c3ccc(F)cc3)[nH]c3c(F)cc(F)cc23)C1. The van der Waals surface area contributed by atoms with Gasteiger partial charge >= 0.3 is 0 Å². The molecule has 0 saturated heterocycles. The minimum atomic E-state index is -0.692. The Kier molecular flexibility index (Phi) is 5.32. The zero-order valence-corrected chi connectivity index (χ0v) is 16.8. The van der Waals surface area contributed by atoms with Gasteiger partial charge in [0.25, 0.3) is 0 Å². The second-order valence-electron chi connectivity index (χ2n) is 8.08. The predicted octanol–water partition coefficient (Wildman–Crippen LogP) is 4.59. The number of hydrogen-bond donors (Lipinski definition) is 2. The monoisotopic (exact) mass is 416 g/mol. The van der Waals surface area contributed by atoms with Gasteiger partial charge in [0.1, 0.15) is 17.5 Å². The Bertz CT molecular complexity index is 1090. The summed E-state index contributed by atoms with van der Waals surface area (Å²) in [5.41, 5.74) is 2.23. The molecule has 2 aromatic carbocycles. The normalized spacial score (nSPS) is 19.5. The van der Waals surface area contributed by atoms with Crippen molar-refractivity contribution in [1.29, 1.82) is 0 Å². The molecule has 1 amide bonds. The van der Waals surface area contributed by atoms with Crippen LogP contribution in [0.15, 0.2) is 36.4 Å². The average Bonchev–Trinajstić information content (AvgIpc) is 3.05. The zero-order valence-electron chi connectivity index (χ0n) is 16.8. The number of aromatic nitrogens is 1. The van der Waals surface area contributed by atoms with Gasteiger partial charge in [-0.25, -0.2) is 13.2 Å². The molecule has 1 atom stereocenters. The summed E-state index contributed by atoms with van der Waals surface area (Å²) in [6.45, 7) is 1.65. The predicted molar refractivity (Wildman–Crippen MR) is 108 cm³/mol. The Morgan fingerprint density at radius 1 is 1.17 bits per heavy atom. The van der Waals surface area contributed by atoms with Crippen molar-refractivity contribution >= 4 is 16.8 Å². The Labute approximate surface area is 172 Å². The van der Waals surface area contributed by atoms with Gasteiger partial charge in [0, 0.05) is 24.4 Å². The molecule has 4 rings (SSSR count). The Morgan fingerprint density at radius 3 is 2.47 bits per heavy atom. The number of benzene rings is 2. The second-order valence-corrected chi connectivity index (χ2v) is 8.08. The summed E-state index contributed by atoms with van der Waals surface area (Å²) in [7, 11) is 1.66. The minimum absolute atomic E-state index is 0.0478. The number of amides is 1. The molecule has 0 aliphatic heterocycles. The second kappa shape index (κ2) is 7.80. The molecule has 0 bridgehead atoms. The van der Waals surface area contributed by atoms with Crippen molar-refractivity contribution in [3.63, 3.8) is 0 Å². The summed E-state index contributed by atoms with van der Waals surface area (Å²) in [5, 5.41) is 9.73. The highest BCUT2D eigenvalue weighted by molar-refractivity contribution is 5.92. The minimum Gasteiger partial charge on any atom is -0.394 e. The summed E-state index contributed by atoms with van der Waals surface area (Å²) in [6.07, 6.45) is 1.08. The van der Waals surface area contributed by atoms with Crippen LogP contribution in [0.5, 0.6) is 0 Å². The number of fused-ring (bicyclic) bond motifs is 1. The lowest BCUT2D eigenvalue weighted by atomic mass is 9.69. The van der Waals surface area contributed by atoms with Crippen LogP contribution in [0.25, 0.3) is 22.2 Å². The molecule has 0 spiro atoms. The van der Waals surface area contributed by atoms with E-state index in [1.165, 1.54) is 23.1 Å². The number of aromatic amines is 1. The van der Waals surface area contributed by atoms with Crippen molar-refractivity contribution in [2.75, 3.05) is 13.7 Å². The van der Waals surface area contributed by atoms with Gasteiger partial charge in [-0.3, -0.25) is 4.79 Å². The summed E-state index contributed by atoms with van der Waals surface area (Å²) < 4.78 is 41.8. The third-order valence-electron chi connectivity index (χ3n) is 6.17. The molecule has 7 heteroatoms. The molecular weight excluding hydrogens is 393 g/mol. The van der Waals surface area contributed by atoms with Crippen molar-refractivity contribution < 1.29 is 23.1 Å². The van der Waals surface area contributed by atoms with Crippen molar-refractivity contribution in [3.05, 3.63) is 59.4 Å². The standard InChI is InChI=1S/C23H23F3N2O2/c1-12(11-29)28(2)23(30)15-7-14(8-15)20-18-9-17(25)10-19(26)22(18)27-21(20)13-3-5-16(24)6-4-13/h3-6,9-10,12,14-15,27,29H,7-8,11H2,1-2H3/t12-,14?,15?/m1/s1. The Hall–Kier alpha value is -2.80. The van der Waals surface area contributed by atoms with Gasteiger partial charge in [-0.1, -0.05) is 0 Å². The average molecular weight is 416 g/mol. The molecule has 3 aromatic rings. The van der Waals surface area contributed by atoms with E-state index in [2.05, 4.69) is 4.98 Å². The number of H-pyrrole nitrogens is 1. The quantitative estimate of drug-likeness (QED) is 0.640. The fraction of sp³-hybridized carbons (Fsp3) is 0.348. The largest absolute Gasteiger partial charge is 0.394 e. The van der Waals surface area contributed by atoms with E-state index in [9.17, 15) is 23.1 Å². The van der Waals surface area contributed by atoms with Crippen LogP contribution in [0, 0.1) is 23.4 Å². The highest BCUT2D eigenvalue weighted by Crippen LogP contribution is 2.48. The number of aliphatic hydroxyl groups is 1. The van der Waals surface area contributed by atoms with Crippen LogP contribution in [0.4, 0.5) is 13.2 Å². The van der Waals surface area contributed by atoms with Gasteiger partial charge in [-0.05, 0) is 67.1 Å². The van der Waals surface area contributed by atoms with Crippen LogP contribution in [-0.2, 0) is 4.79 Å². The first kappa shape index (κ1) is 20.5. The molecule has 2 N–H and O–H groups in total. The summed E-state index contributed by atoms with van der Waals surface area (Å²) in [4.78, 5) is 17.2. The molecule has 0 radical (unpaired) electrons. The van der Waals surface area contributed by atoms with Gasteiger partial charge < -0.3 is 15.0 Å². The fourth-order valence-corrected chi connectivity index (χ4v) is 4.19. The maximum absolute atomic E-state index is 14.4. The summed E-state index contributed by atoms with van der Waals surface area (Å²) in [6, 6.07) is 7.68. The van der Waals surface area contributed by atoms with E-state index < -0.39 is 11.6 Å². The Balaban J connectivity index is 1.71. The van der Waals surface area contributed by atoms with E-state index in [0.717, 1.165) is 11.6 Å². The van der Waals surface area contributed by atoms with E-state index in [-0.39, 0.29) is 41.7 Å². The van der Waals surface area contributed by atoms with Gasteiger partial charge in [-0.15, -0.1) is 0 Å².